The summed E-state index contributed by atoms with van der Waals surface area (Å²) < 4.78 is 16.7. The van der Waals surface area contributed by atoms with E-state index in [1.165, 1.54) is 39.7 Å². The van der Waals surface area contributed by atoms with E-state index in [9.17, 15) is 14.0 Å². The zero-order valence-corrected chi connectivity index (χ0v) is 17.5. The van der Waals surface area contributed by atoms with Crippen LogP contribution in [-0.4, -0.2) is 31.3 Å². The highest BCUT2D eigenvalue weighted by molar-refractivity contribution is 6.05. The lowest BCUT2D eigenvalue weighted by atomic mass is 10.1. The van der Waals surface area contributed by atoms with Gasteiger partial charge in [0.1, 0.15) is 17.3 Å². The summed E-state index contributed by atoms with van der Waals surface area (Å²) in [4.78, 5) is 35.5. The molecule has 1 aromatic carbocycles. The van der Waals surface area contributed by atoms with Crippen molar-refractivity contribution >= 4 is 29.3 Å². The van der Waals surface area contributed by atoms with E-state index in [1.54, 1.807) is 60.9 Å². The predicted molar refractivity (Wildman–Crippen MR) is 122 cm³/mol. The number of pyridine rings is 1. The molecule has 4 heterocycles. The molecule has 0 fully saturated rings. The number of benzene rings is 1. The lowest BCUT2D eigenvalue weighted by molar-refractivity contribution is 0.102. The number of fused-ring (bicyclic) bond motifs is 1. The molecule has 1 aliphatic heterocycles. The number of hydrogen-bond donors (Lipinski definition) is 1. The number of anilines is 2. The summed E-state index contributed by atoms with van der Waals surface area (Å²) >= 11 is 0. The Morgan fingerprint density at radius 2 is 2.03 bits per heavy atom. The third-order valence-corrected chi connectivity index (χ3v) is 5.20. The zero-order chi connectivity index (χ0) is 22.9. The standard InChI is InChI=1S/C23H18FN7O2/c1-29-10-6-16(13-20(29)32)23(33)27-18-14-26-31-11-7-19(28-22(18)31)30-9-3-8-25-21(30)15-4-2-5-17(24)12-15/h2-14,21H,1H3,(H,27,33)/t21-/m1/s1. The van der Waals surface area contributed by atoms with Crippen molar-refractivity contribution in [3.8, 4) is 0 Å². The van der Waals surface area contributed by atoms with Gasteiger partial charge >= 0.3 is 0 Å². The Bertz CT molecular complexity index is 1490. The van der Waals surface area contributed by atoms with Crippen LogP contribution in [-0.2, 0) is 7.05 Å². The van der Waals surface area contributed by atoms with Gasteiger partial charge in [-0.3, -0.25) is 14.6 Å². The molecule has 0 saturated carbocycles. The van der Waals surface area contributed by atoms with Crippen LogP contribution in [0, 0.1) is 5.82 Å². The van der Waals surface area contributed by atoms with E-state index in [0.29, 0.717) is 22.7 Å². The van der Waals surface area contributed by atoms with Gasteiger partial charge in [-0.05, 0) is 35.9 Å². The number of aryl methyl sites for hydroxylation is 1. The summed E-state index contributed by atoms with van der Waals surface area (Å²) in [5, 5.41) is 6.99. The zero-order valence-electron chi connectivity index (χ0n) is 17.5. The third kappa shape index (κ3) is 3.89. The largest absolute Gasteiger partial charge is 0.319 e. The molecule has 0 saturated heterocycles. The first-order valence-electron chi connectivity index (χ1n) is 10.1. The van der Waals surface area contributed by atoms with Crippen LogP contribution in [0.15, 0.2) is 83.1 Å². The Morgan fingerprint density at radius 3 is 2.85 bits per heavy atom. The number of carbonyl (C=O) groups is 1. The van der Waals surface area contributed by atoms with Gasteiger partial charge in [0.2, 0.25) is 0 Å². The van der Waals surface area contributed by atoms with E-state index < -0.39 is 12.1 Å². The van der Waals surface area contributed by atoms with Gasteiger partial charge in [0, 0.05) is 43.5 Å². The Balaban J connectivity index is 1.48. The minimum Gasteiger partial charge on any atom is -0.319 e. The molecule has 0 aliphatic carbocycles. The average molecular weight is 443 g/mol. The summed E-state index contributed by atoms with van der Waals surface area (Å²) in [7, 11) is 1.61. The number of halogens is 1. The van der Waals surface area contributed by atoms with Gasteiger partial charge in [0.05, 0.1) is 6.20 Å². The molecule has 3 aromatic heterocycles. The number of nitrogens with one attached hydrogen (secondary N) is 1. The van der Waals surface area contributed by atoms with Crippen LogP contribution in [0.2, 0.25) is 0 Å². The minimum atomic E-state index is -0.498. The van der Waals surface area contributed by atoms with Crippen molar-refractivity contribution in [2.45, 2.75) is 6.17 Å². The molecule has 4 aromatic rings. The fraction of sp³-hybridized carbons (Fsp3) is 0.0870. The number of aromatic nitrogens is 4. The number of allylic oxidation sites excluding steroid dienone is 1. The normalized spacial score (nSPS) is 15.2. The van der Waals surface area contributed by atoms with Crippen LogP contribution < -0.4 is 15.8 Å². The van der Waals surface area contributed by atoms with Gasteiger partial charge in [-0.2, -0.15) is 5.10 Å². The number of amides is 1. The molecule has 1 amide bonds. The van der Waals surface area contributed by atoms with Crippen LogP contribution in [0.1, 0.15) is 22.1 Å². The monoisotopic (exact) mass is 443 g/mol. The van der Waals surface area contributed by atoms with Crippen molar-refractivity contribution in [2.75, 3.05) is 10.2 Å². The molecule has 164 valence electrons. The molecule has 5 rings (SSSR count). The van der Waals surface area contributed by atoms with Crippen LogP contribution in [0.4, 0.5) is 15.9 Å². The average Bonchev–Trinajstić information content (AvgIpc) is 3.22. The number of nitrogens with zero attached hydrogens (tertiary/aromatic N) is 6. The second-order valence-electron chi connectivity index (χ2n) is 7.41. The van der Waals surface area contributed by atoms with E-state index in [-0.39, 0.29) is 16.9 Å². The van der Waals surface area contributed by atoms with Crippen LogP contribution >= 0.6 is 0 Å². The van der Waals surface area contributed by atoms with Gasteiger partial charge in [0.15, 0.2) is 11.8 Å². The first kappa shape index (κ1) is 20.3. The maximum Gasteiger partial charge on any atom is 0.256 e. The lowest BCUT2D eigenvalue weighted by Gasteiger charge is -2.29. The molecule has 0 spiro atoms. The topological polar surface area (TPSA) is 96.9 Å². The van der Waals surface area contributed by atoms with E-state index >= 15 is 0 Å². The molecule has 9 nitrogen and oxygen atoms in total. The summed E-state index contributed by atoms with van der Waals surface area (Å²) in [5.41, 5.74) is 1.40. The van der Waals surface area contributed by atoms with Crippen molar-refractivity contribution in [1.29, 1.82) is 0 Å². The van der Waals surface area contributed by atoms with Gasteiger partial charge in [-0.15, -0.1) is 0 Å². The predicted octanol–water partition coefficient (Wildman–Crippen LogP) is 2.92. The van der Waals surface area contributed by atoms with Gasteiger partial charge in [0.25, 0.3) is 11.5 Å². The van der Waals surface area contributed by atoms with E-state index in [2.05, 4.69) is 20.4 Å². The Morgan fingerprint density at radius 1 is 1.15 bits per heavy atom. The highest BCUT2D eigenvalue weighted by atomic mass is 19.1. The highest BCUT2D eigenvalue weighted by Gasteiger charge is 2.22. The second kappa shape index (κ2) is 8.15. The molecule has 1 aliphatic rings. The molecular weight excluding hydrogens is 425 g/mol. The van der Waals surface area contributed by atoms with Crippen LogP contribution in [0.25, 0.3) is 5.65 Å². The maximum absolute atomic E-state index is 13.8. The summed E-state index contributed by atoms with van der Waals surface area (Å²) in [6, 6.07) is 10.8. The number of rotatable bonds is 4. The number of carbonyl (C=O) groups excluding carboxylic acids is 1. The van der Waals surface area contributed by atoms with E-state index in [4.69, 9.17) is 0 Å². The van der Waals surface area contributed by atoms with Crippen molar-refractivity contribution in [3.05, 3.63) is 101 Å². The smallest absolute Gasteiger partial charge is 0.256 e. The van der Waals surface area contributed by atoms with Crippen LogP contribution in [0.5, 0.6) is 0 Å². The summed E-state index contributed by atoms with van der Waals surface area (Å²) in [5.74, 6) is -0.263. The maximum atomic E-state index is 13.8. The quantitative estimate of drug-likeness (QED) is 0.523. The Labute approximate surface area is 187 Å². The van der Waals surface area contributed by atoms with Gasteiger partial charge in [-0.25, -0.2) is 13.9 Å². The second-order valence-corrected chi connectivity index (χ2v) is 7.41. The van der Waals surface area contributed by atoms with Crippen LogP contribution in [0.3, 0.4) is 0 Å². The Kier molecular flexibility index (Phi) is 5.02. The number of hydrogen-bond acceptors (Lipinski definition) is 6. The fourth-order valence-corrected chi connectivity index (χ4v) is 3.51. The third-order valence-electron chi connectivity index (χ3n) is 5.20. The van der Waals surface area contributed by atoms with Gasteiger partial charge in [-0.1, -0.05) is 12.1 Å². The fourth-order valence-electron chi connectivity index (χ4n) is 3.51. The molecular formula is C23H18FN7O2. The van der Waals surface area contributed by atoms with E-state index in [1.807, 2.05) is 0 Å². The van der Waals surface area contributed by atoms with Crippen molar-refractivity contribution < 1.29 is 9.18 Å². The summed E-state index contributed by atoms with van der Waals surface area (Å²) in [6.07, 6.45) is 9.44. The molecule has 33 heavy (non-hydrogen) atoms. The molecule has 10 heteroatoms. The molecule has 0 radical (unpaired) electrons. The lowest BCUT2D eigenvalue weighted by Crippen LogP contribution is -2.25. The Hall–Kier alpha value is -4.60. The van der Waals surface area contributed by atoms with Gasteiger partial charge < -0.3 is 14.8 Å². The van der Waals surface area contributed by atoms with Crippen molar-refractivity contribution in [1.82, 2.24) is 19.2 Å². The van der Waals surface area contributed by atoms with E-state index in [0.717, 1.165) is 0 Å². The van der Waals surface area contributed by atoms with Crippen molar-refractivity contribution in [3.63, 3.8) is 0 Å². The highest BCUT2D eigenvalue weighted by Crippen LogP contribution is 2.30. The first-order valence-corrected chi connectivity index (χ1v) is 10.1. The molecule has 1 N–H and O–H groups in total. The molecule has 1 atom stereocenters. The molecule has 0 bridgehead atoms. The van der Waals surface area contributed by atoms with Crippen molar-refractivity contribution in [2.24, 2.45) is 12.0 Å². The summed E-state index contributed by atoms with van der Waals surface area (Å²) in [6.45, 7) is 0. The first-order chi connectivity index (χ1) is 16.0. The molecule has 0 unspecified atom stereocenters. The minimum absolute atomic E-state index is 0.230. The SMILES string of the molecule is Cn1ccc(C(=O)Nc2cnn3ccc(N4C=CC=N[C@H]4c4cccc(F)c4)nc23)cc1=O. The number of aliphatic imine (C=N–C) groups is 1.